The van der Waals surface area contributed by atoms with E-state index in [-0.39, 0.29) is 28.9 Å². The monoisotopic (exact) mass is 430 g/mol. The molecule has 2 aromatic carbocycles. The van der Waals surface area contributed by atoms with Crippen LogP contribution in [0.4, 0.5) is 5.69 Å². The van der Waals surface area contributed by atoms with Crippen molar-refractivity contribution in [1.29, 1.82) is 0 Å². The second-order valence-corrected chi connectivity index (χ2v) is 6.93. The van der Waals surface area contributed by atoms with Crippen molar-refractivity contribution >= 4 is 40.7 Å². The molecule has 1 heterocycles. The fourth-order valence-corrected chi connectivity index (χ4v) is 3.37. The summed E-state index contributed by atoms with van der Waals surface area (Å²) < 4.78 is 0. The number of carbonyl (C=O) groups excluding carboxylic acids is 2. The smallest absolute Gasteiger partial charge is 0.305 e. The van der Waals surface area contributed by atoms with Gasteiger partial charge in [0.1, 0.15) is 5.76 Å². The molecule has 1 aliphatic heterocycles. The Morgan fingerprint density at radius 1 is 1.13 bits per heavy atom. The molecule has 0 saturated carbocycles. The summed E-state index contributed by atoms with van der Waals surface area (Å²) >= 11 is 5.85. The van der Waals surface area contributed by atoms with Gasteiger partial charge in [-0.2, -0.15) is 0 Å². The van der Waals surface area contributed by atoms with Crippen molar-refractivity contribution in [2.45, 2.75) is 12.5 Å². The number of hydrogen-bond donors (Lipinski definition) is 2. The number of halogens is 1. The zero-order chi connectivity index (χ0) is 22.0. The molecular weight excluding hydrogens is 416 g/mol. The summed E-state index contributed by atoms with van der Waals surface area (Å²) in [6, 6.07) is 9.96. The molecular formula is C20H15ClN2O7. The van der Waals surface area contributed by atoms with Crippen molar-refractivity contribution < 1.29 is 29.5 Å². The second kappa shape index (κ2) is 8.34. The van der Waals surface area contributed by atoms with E-state index >= 15 is 0 Å². The number of hydrogen-bond acceptors (Lipinski definition) is 6. The Morgan fingerprint density at radius 2 is 1.80 bits per heavy atom. The summed E-state index contributed by atoms with van der Waals surface area (Å²) in [6.45, 7) is -0.315. The second-order valence-electron chi connectivity index (χ2n) is 6.50. The zero-order valence-corrected chi connectivity index (χ0v) is 16.1. The number of rotatable bonds is 6. The molecule has 9 nitrogen and oxygen atoms in total. The highest BCUT2D eigenvalue weighted by atomic mass is 35.5. The Labute approximate surface area is 175 Å². The van der Waals surface area contributed by atoms with Gasteiger partial charge in [0.2, 0.25) is 0 Å². The number of likely N-dealkylation sites (tertiary alicyclic amines) is 1. The van der Waals surface area contributed by atoms with Crippen LogP contribution in [-0.4, -0.2) is 44.2 Å². The van der Waals surface area contributed by atoms with Crippen molar-refractivity contribution in [3.05, 3.63) is 80.4 Å². The Hall–Kier alpha value is -3.72. The molecule has 10 heteroatoms. The first-order valence-corrected chi connectivity index (χ1v) is 9.09. The zero-order valence-electron chi connectivity index (χ0n) is 15.3. The first-order chi connectivity index (χ1) is 14.2. The molecule has 1 atom stereocenters. The van der Waals surface area contributed by atoms with Crippen LogP contribution in [0.3, 0.4) is 0 Å². The summed E-state index contributed by atoms with van der Waals surface area (Å²) in [5.41, 5.74) is -0.147. The number of amides is 1. The molecule has 0 spiro atoms. The largest absolute Gasteiger partial charge is 0.507 e. The van der Waals surface area contributed by atoms with Gasteiger partial charge in [-0.25, -0.2) is 0 Å². The van der Waals surface area contributed by atoms with Gasteiger partial charge in [-0.3, -0.25) is 24.5 Å². The molecule has 1 amide bonds. The lowest BCUT2D eigenvalue weighted by Gasteiger charge is -2.24. The van der Waals surface area contributed by atoms with Crippen molar-refractivity contribution in [1.82, 2.24) is 4.90 Å². The van der Waals surface area contributed by atoms with E-state index in [9.17, 15) is 29.6 Å². The first-order valence-electron chi connectivity index (χ1n) is 8.71. The van der Waals surface area contributed by atoms with Gasteiger partial charge in [-0.05, 0) is 29.8 Å². The summed E-state index contributed by atoms with van der Waals surface area (Å²) in [7, 11) is 0. The lowest BCUT2D eigenvalue weighted by Crippen LogP contribution is -2.31. The number of non-ortho nitro benzene ring substituents is 1. The molecule has 0 aromatic heterocycles. The fraction of sp³-hybridized carbons (Fsp3) is 0.150. The highest BCUT2D eigenvalue weighted by Gasteiger charge is 2.46. The number of carboxylic acids is 1. The van der Waals surface area contributed by atoms with Crippen LogP contribution < -0.4 is 0 Å². The van der Waals surface area contributed by atoms with Gasteiger partial charge in [0.25, 0.3) is 17.4 Å². The van der Waals surface area contributed by atoms with Gasteiger partial charge in [-0.15, -0.1) is 0 Å². The van der Waals surface area contributed by atoms with Crippen molar-refractivity contribution in [2.75, 3.05) is 6.54 Å². The fourth-order valence-electron chi connectivity index (χ4n) is 3.24. The number of nitro groups is 1. The maximum absolute atomic E-state index is 12.7. The summed E-state index contributed by atoms with van der Waals surface area (Å²) in [5, 5.41) is 31.3. The number of ketones is 1. The predicted molar refractivity (Wildman–Crippen MR) is 106 cm³/mol. The van der Waals surface area contributed by atoms with Gasteiger partial charge >= 0.3 is 5.97 Å². The molecule has 0 unspecified atom stereocenters. The molecule has 2 N–H and O–H groups in total. The number of Topliss-reactive ketones (excluding diaryl/α,β-unsaturated/α-hetero) is 1. The number of benzene rings is 2. The molecule has 0 aliphatic carbocycles. The maximum Gasteiger partial charge on any atom is 0.305 e. The van der Waals surface area contributed by atoms with Crippen LogP contribution >= 0.6 is 11.6 Å². The molecule has 0 radical (unpaired) electrons. The molecule has 30 heavy (non-hydrogen) atoms. The van der Waals surface area contributed by atoms with Crippen LogP contribution in [0.15, 0.2) is 54.1 Å². The Bertz CT molecular complexity index is 1080. The van der Waals surface area contributed by atoms with Crippen LogP contribution in [0, 0.1) is 10.1 Å². The van der Waals surface area contributed by atoms with Crippen LogP contribution in [0.1, 0.15) is 23.6 Å². The molecule has 1 fully saturated rings. The van der Waals surface area contributed by atoms with E-state index in [2.05, 4.69) is 0 Å². The normalized spacial score (nSPS) is 17.9. The summed E-state index contributed by atoms with van der Waals surface area (Å²) in [6.07, 6.45) is -0.445. The van der Waals surface area contributed by atoms with E-state index in [1.165, 1.54) is 48.5 Å². The maximum atomic E-state index is 12.7. The quantitative estimate of drug-likeness (QED) is 0.236. The number of aliphatic hydroxyl groups is 1. The van der Waals surface area contributed by atoms with Crippen LogP contribution in [-0.2, 0) is 14.4 Å². The van der Waals surface area contributed by atoms with E-state index in [1.807, 2.05) is 0 Å². The standard InChI is InChI=1S/C20H15ClN2O7/c21-13-6-4-11(5-7-13)18(26)16-17(12-2-1-3-14(10-12)23(29)30)22(9-8-15(24)25)20(28)19(16)27/h1-7,10,17,26H,8-9H2,(H,24,25)/b18-16+/t17-/m0/s1. The van der Waals surface area contributed by atoms with E-state index in [4.69, 9.17) is 16.7 Å². The van der Waals surface area contributed by atoms with Crippen molar-refractivity contribution in [3.8, 4) is 0 Å². The minimum absolute atomic E-state index is 0.198. The van der Waals surface area contributed by atoms with E-state index in [0.29, 0.717) is 5.02 Å². The Morgan fingerprint density at radius 3 is 2.40 bits per heavy atom. The summed E-state index contributed by atoms with van der Waals surface area (Å²) in [5.74, 6) is -3.68. The number of carbonyl (C=O) groups is 3. The number of nitro benzene ring substituents is 1. The third-order valence-electron chi connectivity index (χ3n) is 4.62. The highest BCUT2D eigenvalue weighted by Crippen LogP contribution is 2.40. The molecule has 3 rings (SSSR count). The van der Waals surface area contributed by atoms with Crippen LogP contribution in [0.2, 0.25) is 5.02 Å². The average molecular weight is 431 g/mol. The van der Waals surface area contributed by atoms with Gasteiger partial charge in [0.05, 0.1) is 23.0 Å². The number of carboxylic acid groups (broad SMARTS) is 1. The number of nitrogens with zero attached hydrogens (tertiary/aromatic N) is 2. The van der Waals surface area contributed by atoms with Crippen molar-refractivity contribution in [2.24, 2.45) is 0 Å². The van der Waals surface area contributed by atoms with Crippen LogP contribution in [0.25, 0.3) is 5.76 Å². The molecule has 0 bridgehead atoms. The Kier molecular flexibility index (Phi) is 5.84. The topological polar surface area (TPSA) is 138 Å². The van der Waals surface area contributed by atoms with Gasteiger partial charge in [0.15, 0.2) is 0 Å². The SMILES string of the molecule is O=C(O)CCN1C(=O)C(=O)/C(=C(/O)c2ccc(Cl)cc2)[C@@H]1c1cccc([N+](=O)[O-])c1. The first kappa shape index (κ1) is 21.0. The molecule has 154 valence electrons. The number of aliphatic carboxylic acids is 1. The molecule has 1 aliphatic rings. The lowest BCUT2D eigenvalue weighted by atomic mass is 9.95. The number of aliphatic hydroxyl groups excluding tert-OH is 1. The van der Waals surface area contributed by atoms with Gasteiger partial charge < -0.3 is 15.1 Å². The van der Waals surface area contributed by atoms with E-state index < -0.39 is 40.8 Å². The van der Waals surface area contributed by atoms with Crippen LogP contribution in [0.5, 0.6) is 0 Å². The van der Waals surface area contributed by atoms with E-state index in [1.54, 1.807) is 0 Å². The van der Waals surface area contributed by atoms with Gasteiger partial charge in [0, 0.05) is 29.3 Å². The average Bonchev–Trinajstić information content (AvgIpc) is 2.97. The van der Waals surface area contributed by atoms with Crippen molar-refractivity contribution in [3.63, 3.8) is 0 Å². The summed E-state index contributed by atoms with van der Waals surface area (Å²) in [4.78, 5) is 47.9. The third-order valence-corrected chi connectivity index (χ3v) is 4.87. The third kappa shape index (κ3) is 4.01. The minimum Gasteiger partial charge on any atom is -0.507 e. The van der Waals surface area contributed by atoms with Gasteiger partial charge in [-0.1, -0.05) is 23.7 Å². The predicted octanol–water partition coefficient (Wildman–Crippen LogP) is 3.14. The van der Waals surface area contributed by atoms with E-state index in [0.717, 1.165) is 4.90 Å². The highest BCUT2D eigenvalue weighted by molar-refractivity contribution is 6.46. The molecule has 1 saturated heterocycles. The minimum atomic E-state index is -1.19. The molecule has 2 aromatic rings. The Balaban J connectivity index is 2.19. The lowest BCUT2D eigenvalue weighted by molar-refractivity contribution is -0.384.